The number of rotatable bonds is 3. The summed E-state index contributed by atoms with van der Waals surface area (Å²) in [6.45, 7) is 7.68. The Labute approximate surface area is 102 Å². The van der Waals surface area contributed by atoms with Gasteiger partial charge in [0.25, 0.3) is 0 Å². The van der Waals surface area contributed by atoms with Crippen molar-refractivity contribution >= 4 is 5.97 Å². The largest absolute Gasteiger partial charge is 0.465 e. The lowest BCUT2D eigenvalue weighted by Gasteiger charge is -2.39. The van der Waals surface area contributed by atoms with Gasteiger partial charge in [0.2, 0.25) is 0 Å². The molecule has 0 bridgehead atoms. The second kappa shape index (κ2) is 5.80. The number of ether oxygens (including phenoxy) is 2. The van der Waals surface area contributed by atoms with Gasteiger partial charge in [-0.2, -0.15) is 0 Å². The van der Waals surface area contributed by atoms with E-state index in [1.54, 1.807) is 0 Å². The maximum absolute atomic E-state index is 11.9. The van der Waals surface area contributed by atoms with Gasteiger partial charge < -0.3 is 14.8 Å². The zero-order valence-electron chi connectivity index (χ0n) is 10.6. The van der Waals surface area contributed by atoms with E-state index in [1.807, 2.05) is 6.92 Å². The SMILES string of the molecule is CCOC(=O)C1CNCCN1C1CCOC1C. The van der Waals surface area contributed by atoms with Crippen LogP contribution in [0.3, 0.4) is 0 Å². The summed E-state index contributed by atoms with van der Waals surface area (Å²) in [6, 6.07) is 0.198. The molecule has 98 valence electrons. The maximum Gasteiger partial charge on any atom is 0.324 e. The topological polar surface area (TPSA) is 50.8 Å². The Hall–Kier alpha value is -0.650. The maximum atomic E-state index is 11.9. The fourth-order valence-electron chi connectivity index (χ4n) is 2.73. The Morgan fingerprint density at radius 2 is 2.41 bits per heavy atom. The van der Waals surface area contributed by atoms with E-state index in [0.717, 1.165) is 26.1 Å². The Kier molecular flexibility index (Phi) is 4.36. The zero-order chi connectivity index (χ0) is 12.3. The van der Waals surface area contributed by atoms with E-state index in [1.165, 1.54) is 0 Å². The molecule has 0 aromatic carbocycles. The van der Waals surface area contributed by atoms with Gasteiger partial charge in [-0.3, -0.25) is 9.69 Å². The van der Waals surface area contributed by atoms with Gasteiger partial charge in [-0.25, -0.2) is 0 Å². The molecule has 0 aromatic heterocycles. The monoisotopic (exact) mass is 242 g/mol. The van der Waals surface area contributed by atoms with Gasteiger partial charge in [0.05, 0.1) is 12.7 Å². The van der Waals surface area contributed by atoms with Crippen molar-refractivity contribution in [1.29, 1.82) is 0 Å². The third-order valence-electron chi connectivity index (χ3n) is 3.61. The van der Waals surface area contributed by atoms with Crippen LogP contribution in [0.15, 0.2) is 0 Å². The highest BCUT2D eigenvalue weighted by Gasteiger charge is 2.39. The normalized spacial score (nSPS) is 34.8. The van der Waals surface area contributed by atoms with Crippen molar-refractivity contribution < 1.29 is 14.3 Å². The molecule has 2 heterocycles. The Morgan fingerprint density at radius 1 is 1.59 bits per heavy atom. The number of nitrogens with zero attached hydrogens (tertiary/aromatic N) is 1. The van der Waals surface area contributed by atoms with Crippen molar-refractivity contribution in [3.8, 4) is 0 Å². The zero-order valence-corrected chi connectivity index (χ0v) is 10.6. The van der Waals surface area contributed by atoms with Crippen LogP contribution in [0.1, 0.15) is 20.3 Å². The molecule has 2 fully saturated rings. The molecular weight excluding hydrogens is 220 g/mol. The lowest BCUT2D eigenvalue weighted by molar-refractivity contribution is -0.151. The average Bonchev–Trinajstić information content (AvgIpc) is 2.76. The lowest BCUT2D eigenvalue weighted by Crippen LogP contribution is -2.60. The highest BCUT2D eigenvalue weighted by molar-refractivity contribution is 5.76. The van der Waals surface area contributed by atoms with Crippen molar-refractivity contribution in [3.05, 3.63) is 0 Å². The Morgan fingerprint density at radius 3 is 3.06 bits per heavy atom. The minimum atomic E-state index is -0.155. The second-order valence-corrected chi connectivity index (χ2v) is 4.64. The molecule has 17 heavy (non-hydrogen) atoms. The minimum absolute atomic E-state index is 0.112. The third-order valence-corrected chi connectivity index (χ3v) is 3.61. The highest BCUT2D eigenvalue weighted by atomic mass is 16.5. The van der Waals surface area contributed by atoms with Crippen LogP contribution in [-0.2, 0) is 14.3 Å². The van der Waals surface area contributed by atoms with Gasteiger partial charge in [0.15, 0.2) is 0 Å². The summed E-state index contributed by atoms with van der Waals surface area (Å²) >= 11 is 0. The van der Waals surface area contributed by atoms with Gasteiger partial charge in [0, 0.05) is 32.3 Å². The number of piperazine rings is 1. The first-order valence-electron chi connectivity index (χ1n) is 6.48. The molecule has 0 radical (unpaired) electrons. The summed E-state index contributed by atoms with van der Waals surface area (Å²) in [5.41, 5.74) is 0. The lowest BCUT2D eigenvalue weighted by atomic mass is 10.0. The van der Waals surface area contributed by atoms with E-state index >= 15 is 0 Å². The third kappa shape index (κ3) is 2.78. The number of hydrogen-bond donors (Lipinski definition) is 1. The van der Waals surface area contributed by atoms with E-state index < -0.39 is 0 Å². The minimum Gasteiger partial charge on any atom is -0.465 e. The second-order valence-electron chi connectivity index (χ2n) is 4.64. The van der Waals surface area contributed by atoms with Gasteiger partial charge in [0.1, 0.15) is 6.04 Å². The molecule has 5 nitrogen and oxygen atoms in total. The molecule has 1 N–H and O–H groups in total. The molecule has 3 atom stereocenters. The predicted molar refractivity (Wildman–Crippen MR) is 63.8 cm³/mol. The predicted octanol–water partition coefficient (Wildman–Crippen LogP) is 0.000700. The van der Waals surface area contributed by atoms with Crippen molar-refractivity contribution in [1.82, 2.24) is 10.2 Å². The fraction of sp³-hybridized carbons (Fsp3) is 0.917. The summed E-state index contributed by atoms with van der Waals surface area (Å²) in [4.78, 5) is 14.2. The van der Waals surface area contributed by atoms with Crippen LogP contribution >= 0.6 is 0 Å². The summed E-state index contributed by atoms with van der Waals surface area (Å²) in [5, 5.41) is 3.26. The first kappa shape index (κ1) is 12.8. The number of hydrogen-bond acceptors (Lipinski definition) is 5. The van der Waals surface area contributed by atoms with Gasteiger partial charge in [-0.15, -0.1) is 0 Å². The van der Waals surface area contributed by atoms with Gasteiger partial charge in [-0.05, 0) is 20.3 Å². The van der Waals surface area contributed by atoms with Crippen LogP contribution in [0.4, 0.5) is 0 Å². The molecule has 2 aliphatic heterocycles. The van der Waals surface area contributed by atoms with E-state index in [4.69, 9.17) is 9.47 Å². The molecule has 0 saturated carbocycles. The van der Waals surface area contributed by atoms with Gasteiger partial charge in [-0.1, -0.05) is 0 Å². The average molecular weight is 242 g/mol. The quantitative estimate of drug-likeness (QED) is 0.706. The summed E-state index contributed by atoms with van der Waals surface area (Å²) < 4.78 is 10.7. The molecule has 0 spiro atoms. The van der Waals surface area contributed by atoms with Crippen LogP contribution in [0, 0.1) is 0 Å². The van der Waals surface area contributed by atoms with E-state index in [0.29, 0.717) is 19.2 Å². The van der Waals surface area contributed by atoms with Crippen LogP contribution in [0.5, 0.6) is 0 Å². The molecule has 2 rings (SSSR count). The molecule has 0 aromatic rings. The molecule has 5 heteroatoms. The highest BCUT2D eigenvalue weighted by Crippen LogP contribution is 2.22. The number of nitrogens with one attached hydrogen (secondary N) is 1. The molecule has 0 amide bonds. The molecule has 3 unspecified atom stereocenters. The Balaban J connectivity index is 2.03. The van der Waals surface area contributed by atoms with Crippen LogP contribution in [0.25, 0.3) is 0 Å². The van der Waals surface area contributed by atoms with E-state index in [-0.39, 0.29) is 18.1 Å². The number of carbonyl (C=O) groups excluding carboxylic acids is 1. The van der Waals surface area contributed by atoms with Crippen molar-refractivity contribution in [2.45, 2.75) is 38.5 Å². The molecular formula is C12H22N2O3. The molecule has 2 aliphatic rings. The summed E-state index contributed by atoms with van der Waals surface area (Å²) in [7, 11) is 0. The first-order chi connectivity index (χ1) is 8.24. The fourth-order valence-corrected chi connectivity index (χ4v) is 2.73. The smallest absolute Gasteiger partial charge is 0.324 e. The van der Waals surface area contributed by atoms with Crippen molar-refractivity contribution in [2.24, 2.45) is 0 Å². The van der Waals surface area contributed by atoms with Crippen molar-refractivity contribution in [3.63, 3.8) is 0 Å². The molecule has 2 saturated heterocycles. The van der Waals surface area contributed by atoms with Crippen molar-refractivity contribution in [2.75, 3.05) is 32.8 Å². The van der Waals surface area contributed by atoms with Crippen LogP contribution in [-0.4, -0.2) is 61.9 Å². The number of esters is 1. The van der Waals surface area contributed by atoms with E-state index in [2.05, 4.69) is 17.1 Å². The summed E-state index contributed by atoms with van der Waals surface area (Å²) in [5.74, 6) is -0.112. The Bertz CT molecular complexity index is 272. The van der Waals surface area contributed by atoms with E-state index in [9.17, 15) is 4.79 Å². The standard InChI is InChI=1S/C12H22N2O3/c1-3-16-12(15)11-8-13-5-6-14(11)10-4-7-17-9(10)2/h9-11,13H,3-8H2,1-2H3. The van der Waals surface area contributed by atoms with Crippen LogP contribution in [0.2, 0.25) is 0 Å². The molecule has 0 aliphatic carbocycles. The summed E-state index contributed by atoms with van der Waals surface area (Å²) in [6.07, 6.45) is 1.22. The first-order valence-corrected chi connectivity index (χ1v) is 6.48. The van der Waals surface area contributed by atoms with Crippen LogP contribution < -0.4 is 5.32 Å². The van der Waals surface area contributed by atoms with Gasteiger partial charge >= 0.3 is 5.97 Å². The number of carbonyl (C=O) groups is 1.